The Balaban J connectivity index is 1.17. The van der Waals surface area contributed by atoms with E-state index in [4.69, 9.17) is 4.74 Å². The number of carbonyl (C=O) groups is 2. The van der Waals surface area contributed by atoms with Gasteiger partial charge in [-0.3, -0.25) is 15.0 Å². The molecule has 4 bridgehead atoms. The number of ether oxygens (including phenoxy) is 1. The number of aryl methyl sites for hydroxylation is 1. The number of benzene rings is 1. The van der Waals surface area contributed by atoms with E-state index >= 15 is 0 Å². The summed E-state index contributed by atoms with van der Waals surface area (Å²) in [7, 11) is 0. The quantitative estimate of drug-likeness (QED) is 0.417. The molecule has 4 aliphatic rings. The Morgan fingerprint density at radius 1 is 1.00 bits per heavy atom. The number of amides is 2. The van der Waals surface area contributed by atoms with E-state index in [9.17, 15) is 9.59 Å². The minimum absolute atomic E-state index is 0.0326. The SMILES string of the molecule is C=C(CC(=O)NC1C2CC3CC(C2)CC1C3)NNC(=O)COc1cc(C)c(Br)cc1Br. The summed E-state index contributed by atoms with van der Waals surface area (Å²) in [4.78, 5) is 24.6. The topological polar surface area (TPSA) is 79.5 Å². The van der Waals surface area contributed by atoms with Crippen molar-refractivity contribution in [2.24, 2.45) is 23.7 Å². The first-order valence-corrected chi connectivity index (χ1v) is 12.5. The molecule has 1 aromatic rings. The summed E-state index contributed by atoms with van der Waals surface area (Å²) in [5.74, 6) is 3.24. The van der Waals surface area contributed by atoms with Crippen LogP contribution < -0.4 is 20.9 Å². The van der Waals surface area contributed by atoms with Crippen LogP contribution in [0.3, 0.4) is 0 Å². The van der Waals surface area contributed by atoms with E-state index in [-0.39, 0.29) is 24.8 Å². The van der Waals surface area contributed by atoms with E-state index in [1.54, 1.807) is 0 Å². The lowest BCUT2D eigenvalue weighted by molar-refractivity contribution is -0.125. The molecular formula is C23H29Br2N3O3. The van der Waals surface area contributed by atoms with Crippen molar-refractivity contribution in [2.45, 2.75) is 51.5 Å². The predicted molar refractivity (Wildman–Crippen MR) is 126 cm³/mol. The van der Waals surface area contributed by atoms with Crippen molar-refractivity contribution in [3.05, 3.63) is 38.9 Å². The highest BCUT2D eigenvalue weighted by molar-refractivity contribution is 9.11. The summed E-state index contributed by atoms with van der Waals surface area (Å²) in [6.45, 7) is 5.66. The molecular weight excluding hydrogens is 526 g/mol. The highest BCUT2D eigenvalue weighted by Gasteiger charge is 2.48. The Morgan fingerprint density at radius 3 is 2.29 bits per heavy atom. The Labute approximate surface area is 200 Å². The Kier molecular flexibility index (Phi) is 6.96. The van der Waals surface area contributed by atoms with Crippen LogP contribution in [0.4, 0.5) is 0 Å². The van der Waals surface area contributed by atoms with E-state index in [2.05, 4.69) is 54.6 Å². The molecule has 4 fully saturated rings. The van der Waals surface area contributed by atoms with Crippen LogP contribution in [0, 0.1) is 30.6 Å². The Morgan fingerprint density at radius 2 is 1.65 bits per heavy atom. The average molecular weight is 555 g/mol. The molecule has 4 saturated carbocycles. The molecule has 0 unspecified atom stereocenters. The summed E-state index contributed by atoms with van der Waals surface area (Å²) in [5.41, 5.74) is 6.74. The first kappa shape index (κ1) is 22.6. The van der Waals surface area contributed by atoms with Crippen LogP contribution in [0.2, 0.25) is 0 Å². The van der Waals surface area contributed by atoms with Gasteiger partial charge in [-0.05, 0) is 96.3 Å². The second-order valence-corrected chi connectivity index (χ2v) is 11.0. The van der Waals surface area contributed by atoms with Gasteiger partial charge in [-0.2, -0.15) is 0 Å². The van der Waals surface area contributed by atoms with Crippen LogP contribution in [-0.2, 0) is 9.59 Å². The molecule has 6 nitrogen and oxygen atoms in total. The molecule has 0 aliphatic heterocycles. The van der Waals surface area contributed by atoms with Gasteiger partial charge in [-0.1, -0.05) is 22.5 Å². The molecule has 4 aliphatic carbocycles. The lowest BCUT2D eigenvalue weighted by atomic mass is 9.54. The normalized spacial score (nSPS) is 28.2. The fraction of sp³-hybridized carbons (Fsp3) is 0.565. The minimum Gasteiger partial charge on any atom is -0.483 e. The zero-order chi connectivity index (χ0) is 22.1. The Bertz CT molecular complexity index is 861. The van der Waals surface area contributed by atoms with Crippen LogP contribution in [0.15, 0.2) is 33.4 Å². The maximum absolute atomic E-state index is 12.5. The van der Waals surface area contributed by atoms with E-state index < -0.39 is 0 Å². The summed E-state index contributed by atoms with van der Waals surface area (Å²) >= 11 is 6.88. The molecule has 1 aromatic carbocycles. The van der Waals surface area contributed by atoms with Gasteiger partial charge in [0.2, 0.25) is 5.91 Å². The van der Waals surface area contributed by atoms with Gasteiger partial charge >= 0.3 is 0 Å². The smallest absolute Gasteiger partial charge is 0.276 e. The summed E-state index contributed by atoms with van der Waals surface area (Å²) in [6.07, 6.45) is 6.60. The third-order valence-corrected chi connectivity index (χ3v) is 8.35. The van der Waals surface area contributed by atoms with Crippen LogP contribution in [-0.4, -0.2) is 24.5 Å². The summed E-state index contributed by atoms with van der Waals surface area (Å²) in [6, 6.07) is 4.04. The van der Waals surface area contributed by atoms with Gasteiger partial charge in [-0.25, -0.2) is 0 Å². The third-order valence-electron chi connectivity index (χ3n) is 6.88. The van der Waals surface area contributed by atoms with Gasteiger partial charge in [0.15, 0.2) is 6.61 Å². The molecule has 0 aromatic heterocycles. The van der Waals surface area contributed by atoms with Crippen molar-refractivity contribution in [2.75, 3.05) is 6.61 Å². The lowest BCUT2D eigenvalue weighted by Crippen LogP contribution is -2.56. The predicted octanol–water partition coefficient (Wildman–Crippen LogP) is 4.36. The van der Waals surface area contributed by atoms with Crippen molar-refractivity contribution in [3.63, 3.8) is 0 Å². The van der Waals surface area contributed by atoms with Crippen molar-refractivity contribution in [1.82, 2.24) is 16.2 Å². The van der Waals surface area contributed by atoms with Crippen LogP contribution in [0.1, 0.15) is 44.1 Å². The second kappa shape index (κ2) is 9.53. The number of carbonyl (C=O) groups excluding carboxylic acids is 2. The molecule has 31 heavy (non-hydrogen) atoms. The molecule has 5 rings (SSSR count). The molecule has 0 spiro atoms. The summed E-state index contributed by atoms with van der Waals surface area (Å²) in [5, 5.41) is 3.26. The van der Waals surface area contributed by atoms with Gasteiger partial charge in [0.1, 0.15) is 5.75 Å². The van der Waals surface area contributed by atoms with E-state index in [1.165, 1.54) is 32.1 Å². The molecule has 8 heteroatoms. The number of hydrogen-bond donors (Lipinski definition) is 3. The van der Waals surface area contributed by atoms with Gasteiger partial charge in [0.05, 0.1) is 10.9 Å². The van der Waals surface area contributed by atoms with Crippen LogP contribution in [0.5, 0.6) is 5.75 Å². The van der Waals surface area contributed by atoms with Gasteiger partial charge < -0.3 is 15.5 Å². The monoisotopic (exact) mass is 553 g/mol. The number of rotatable bonds is 8. The number of hydrogen-bond acceptors (Lipinski definition) is 4. The van der Waals surface area contributed by atoms with Gasteiger partial charge in [-0.15, -0.1) is 0 Å². The molecule has 3 N–H and O–H groups in total. The highest BCUT2D eigenvalue weighted by Crippen LogP contribution is 2.53. The van der Waals surface area contributed by atoms with Crippen molar-refractivity contribution in [1.29, 1.82) is 0 Å². The number of halogens is 2. The minimum atomic E-state index is -0.352. The first-order valence-electron chi connectivity index (χ1n) is 10.9. The van der Waals surface area contributed by atoms with Crippen LogP contribution >= 0.6 is 31.9 Å². The first-order chi connectivity index (χ1) is 14.8. The lowest BCUT2D eigenvalue weighted by Gasteiger charge is -2.54. The summed E-state index contributed by atoms with van der Waals surface area (Å²) < 4.78 is 7.29. The maximum atomic E-state index is 12.5. The zero-order valence-electron chi connectivity index (χ0n) is 17.7. The van der Waals surface area contributed by atoms with Crippen molar-refractivity contribution in [3.8, 4) is 5.75 Å². The average Bonchev–Trinajstić information content (AvgIpc) is 2.70. The second-order valence-electron chi connectivity index (χ2n) is 9.30. The van der Waals surface area contributed by atoms with Gasteiger partial charge in [0, 0.05) is 16.2 Å². The third kappa shape index (κ3) is 5.45. The zero-order valence-corrected chi connectivity index (χ0v) is 20.9. The standard InChI is InChI=1S/C23H29Br2N3O3/c1-12-3-20(19(25)10-18(12)24)31-11-22(30)28-27-13(2)4-21(29)26-23-16-6-14-5-15(8-16)9-17(23)7-14/h3,10,14-17,23,27H,2,4-9,11H2,1H3,(H,26,29)(H,28,30). The largest absolute Gasteiger partial charge is 0.483 e. The van der Waals surface area contributed by atoms with E-state index in [0.29, 0.717) is 29.3 Å². The van der Waals surface area contributed by atoms with Crippen LogP contribution in [0.25, 0.3) is 0 Å². The molecule has 2 amide bonds. The molecule has 168 valence electrons. The number of nitrogens with one attached hydrogen (secondary N) is 3. The number of hydrazine groups is 1. The van der Waals surface area contributed by atoms with Crippen molar-refractivity contribution < 1.29 is 14.3 Å². The molecule has 0 saturated heterocycles. The van der Waals surface area contributed by atoms with Crippen molar-refractivity contribution >= 4 is 43.7 Å². The fourth-order valence-corrected chi connectivity index (χ4v) is 6.82. The van der Waals surface area contributed by atoms with E-state index in [1.807, 2.05) is 19.1 Å². The Hall–Kier alpha value is -1.54. The molecule has 0 heterocycles. The fourth-order valence-electron chi connectivity index (χ4n) is 5.71. The maximum Gasteiger partial charge on any atom is 0.276 e. The van der Waals surface area contributed by atoms with Gasteiger partial charge in [0.25, 0.3) is 5.91 Å². The molecule has 0 atom stereocenters. The highest BCUT2D eigenvalue weighted by atomic mass is 79.9. The van der Waals surface area contributed by atoms with E-state index in [0.717, 1.165) is 26.3 Å². The molecule has 0 radical (unpaired) electrons.